The Hall–Kier alpha value is -1.31. The second kappa shape index (κ2) is 17.4. The first kappa shape index (κ1) is 28.7. The Labute approximate surface area is 179 Å². The lowest BCUT2D eigenvalue weighted by atomic mass is 10.0. The van der Waals surface area contributed by atoms with Gasteiger partial charge in [0.25, 0.3) is 0 Å². The van der Waals surface area contributed by atoms with E-state index in [1.807, 2.05) is 4.90 Å². The van der Waals surface area contributed by atoms with Crippen molar-refractivity contribution in [1.82, 2.24) is 4.90 Å². The van der Waals surface area contributed by atoms with Crippen LogP contribution in [0.3, 0.4) is 0 Å². The van der Waals surface area contributed by atoms with E-state index >= 15 is 0 Å². The Kier molecular flexibility index (Phi) is 16.6. The molecule has 0 aromatic rings. The highest BCUT2D eigenvalue weighted by Gasteiger charge is 2.38. The van der Waals surface area contributed by atoms with Gasteiger partial charge in [-0.25, -0.2) is 4.79 Å². The maximum absolute atomic E-state index is 11.8. The number of unbranched alkanes of at least 4 members (excludes halogenated alkanes) is 12. The van der Waals surface area contributed by atoms with Gasteiger partial charge in [0.05, 0.1) is 0 Å². The van der Waals surface area contributed by atoms with Crippen molar-refractivity contribution in [2.45, 2.75) is 115 Å². The smallest absolute Gasteiger partial charge is 0.475 e. The molecule has 1 amide bonds. The van der Waals surface area contributed by atoms with Gasteiger partial charge < -0.3 is 15.7 Å². The molecule has 0 aliphatic carbocycles. The van der Waals surface area contributed by atoms with Crippen molar-refractivity contribution < 1.29 is 27.9 Å². The minimum atomic E-state index is -5.08. The number of hydrogen-bond donors (Lipinski definition) is 2. The van der Waals surface area contributed by atoms with Crippen molar-refractivity contribution in [1.29, 1.82) is 0 Å². The molecule has 1 rings (SSSR count). The maximum atomic E-state index is 11.8. The van der Waals surface area contributed by atoms with Crippen LogP contribution in [0, 0.1) is 0 Å². The fourth-order valence-electron chi connectivity index (χ4n) is 3.48. The number of nitrogens with zero attached hydrogens (tertiary/aromatic N) is 1. The highest BCUT2D eigenvalue weighted by atomic mass is 19.4. The average molecular weight is 439 g/mol. The van der Waals surface area contributed by atoms with Gasteiger partial charge in [0.1, 0.15) is 0 Å². The highest BCUT2D eigenvalue weighted by molar-refractivity contribution is 5.77. The monoisotopic (exact) mass is 438 g/mol. The van der Waals surface area contributed by atoms with Gasteiger partial charge in [-0.15, -0.1) is 0 Å². The third kappa shape index (κ3) is 16.5. The van der Waals surface area contributed by atoms with E-state index < -0.39 is 12.1 Å². The Morgan fingerprint density at radius 3 is 1.77 bits per heavy atom. The lowest BCUT2D eigenvalue weighted by Crippen LogP contribution is -2.46. The lowest BCUT2D eigenvalue weighted by Gasteiger charge is -2.30. The number of hydrogen-bond acceptors (Lipinski definition) is 3. The van der Waals surface area contributed by atoms with Crippen LogP contribution < -0.4 is 5.73 Å². The molecular weight excluding hydrogens is 397 g/mol. The maximum Gasteiger partial charge on any atom is 0.490 e. The van der Waals surface area contributed by atoms with Crippen LogP contribution in [0.4, 0.5) is 13.2 Å². The average Bonchev–Trinajstić information content (AvgIpc) is 2.68. The molecule has 3 N–H and O–H groups in total. The standard InChI is InChI=1S/C20H40N2O.C2HF3O2/c1-2-3-4-5-6-7-8-9-10-11-12-13-14-17-22-18-19(21)15-16-20(22)23;3-2(4,5)1(6)7/h19H,2-18,21H2,1H3;(H,6,7)/t19-;/m0./s1. The van der Waals surface area contributed by atoms with Crippen LogP contribution in [-0.4, -0.2) is 47.2 Å². The number of halogens is 3. The molecule has 0 saturated carbocycles. The fraction of sp³-hybridized carbons (Fsp3) is 0.909. The summed E-state index contributed by atoms with van der Waals surface area (Å²) in [6, 6.07) is 0.203. The summed E-state index contributed by atoms with van der Waals surface area (Å²) in [6.45, 7) is 3.97. The third-order valence-corrected chi connectivity index (χ3v) is 5.31. The molecule has 1 heterocycles. The first-order valence-corrected chi connectivity index (χ1v) is 11.5. The largest absolute Gasteiger partial charge is 0.490 e. The summed E-state index contributed by atoms with van der Waals surface area (Å²) in [7, 11) is 0. The molecule has 1 fully saturated rings. The van der Waals surface area contributed by atoms with Crippen LogP contribution in [0.1, 0.15) is 103 Å². The van der Waals surface area contributed by atoms with Crippen molar-refractivity contribution in [2.24, 2.45) is 5.73 Å². The van der Waals surface area contributed by atoms with Crippen molar-refractivity contribution in [3.8, 4) is 0 Å². The predicted octanol–water partition coefficient (Wildman–Crippen LogP) is 5.66. The normalized spacial score (nSPS) is 16.9. The topological polar surface area (TPSA) is 83.6 Å². The predicted molar refractivity (Wildman–Crippen MR) is 113 cm³/mol. The van der Waals surface area contributed by atoms with Crippen LogP contribution in [0.15, 0.2) is 0 Å². The zero-order valence-corrected chi connectivity index (χ0v) is 18.5. The molecule has 8 heteroatoms. The number of carboxylic acid groups (broad SMARTS) is 1. The summed E-state index contributed by atoms with van der Waals surface area (Å²) in [5, 5.41) is 7.12. The molecule has 0 unspecified atom stereocenters. The number of rotatable bonds is 14. The van der Waals surface area contributed by atoms with Gasteiger partial charge in [0.15, 0.2) is 0 Å². The molecule has 1 atom stereocenters. The van der Waals surface area contributed by atoms with Gasteiger partial charge in [0, 0.05) is 25.6 Å². The number of amides is 1. The van der Waals surface area contributed by atoms with E-state index in [0.717, 1.165) is 25.9 Å². The van der Waals surface area contributed by atoms with E-state index in [1.54, 1.807) is 0 Å². The molecule has 0 aromatic carbocycles. The van der Waals surface area contributed by atoms with E-state index in [4.69, 9.17) is 15.6 Å². The summed E-state index contributed by atoms with van der Waals surface area (Å²) < 4.78 is 31.7. The molecule has 0 radical (unpaired) electrons. The Morgan fingerprint density at radius 2 is 1.37 bits per heavy atom. The molecule has 1 aliphatic heterocycles. The Morgan fingerprint density at radius 1 is 0.967 bits per heavy atom. The summed E-state index contributed by atoms with van der Waals surface area (Å²) in [6.07, 6.45) is 14.3. The zero-order valence-electron chi connectivity index (χ0n) is 18.5. The number of aliphatic carboxylic acids is 1. The van der Waals surface area contributed by atoms with Gasteiger partial charge in [-0.05, 0) is 12.8 Å². The first-order chi connectivity index (χ1) is 14.2. The van der Waals surface area contributed by atoms with Crippen LogP contribution in [-0.2, 0) is 9.59 Å². The van der Waals surface area contributed by atoms with E-state index in [0.29, 0.717) is 12.3 Å². The second-order valence-corrected chi connectivity index (χ2v) is 8.18. The summed E-state index contributed by atoms with van der Waals surface area (Å²) >= 11 is 0. The second-order valence-electron chi connectivity index (χ2n) is 8.18. The van der Waals surface area contributed by atoms with Crippen molar-refractivity contribution >= 4 is 11.9 Å². The number of carboxylic acids is 1. The SMILES string of the molecule is CCCCCCCCCCCCCCCN1C[C@@H](N)CCC1=O.O=C(O)C(F)(F)F. The molecule has 0 aromatic heterocycles. The van der Waals surface area contributed by atoms with Gasteiger partial charge >= 0.3 is 12.1 Å². The minimum absolute atomic E-state index is 0.203. The Balaban J connectivity index is 0.00000103. The number of carbonyl (C=O) groups excluding carboxylic acids is 1. The quantitative estimate of drug-likeness (QED) is 0.343. The van der Waals surface area contributed by atoms with E-state index in [2.05, 4.69) is 6.92 Å². The highest BCUT2D eigenvalue weighted by Crippen LogP contribution is 2.15. The molecule has 0 bridgehead atoms. The number of piperidine rings is 1. The number of alkyl halides is 3. The third-order valence-electron chi connectivity index (χ3n) is 5.31. The molecule has 30 heavy (non-hydrogen) atoms. The van der Waals surface area contributed by atoms with Crippen molar-refractivity contribution in [2.75, 3.05) is 13.1 Å². The van der Waals surface area contributed by atoms with Crippen molar-refractivity contribution in [3.63, 3.8) is 0 Å². The van der Waals surface area contributed by atoms with Gasteiger partial charge in [-0.1, -0.05) is 84.0 Å². The summed E-state index contributed by atoms with van der Waals surface area (Å²) in [4.78, 5) is 22.6. The fourth-order valence-corrected chi connectivity index (χ4v) is 3.48. The van der Waals surface area contributed by atoms with Crippen LogP contribution in [0.5, 0.6) is 0 Å². The first-order valence-electron chi connectivity index (χ1n) is 11.5. The van der Waals surface area contributed by atoms with Crippen molar-refractivity contribution in [3.05, 3.63) is 0 Å². The number of carbonyl (C=O) groups is 2. The minimum Gasteiger partial charge on any atom is -0.475 e. The van der Waals surface area contributed by atoms with Gasteiger partial charge in [-0.3, -0.25) is 4.79 Å². The van der Waals surface area contributed by atoms with E-state index in [-0.39, 0.29) is 6.04 Å². The molecule has 0 spiro atoms. The van der Waals surface area contributed by atoms with Crippen LogP contribution >= 0.6 is 0 Å². The molecule has 1 aliphatic rings. The van der Waals surface area contributed by atoms with E-state index in [1.165, 1.54) is 77.0 Å². The van der Waals surface area contributed by atoms with Crippen LogP contribution in [0.25, 0.3) is 0 Å². The number of likely N-dealkylation sites (tertiary alicyclic amines) is 1. The molecule has 1 saturated heterocycles. The Bertz CT molecular complexity index is 459. The summed E-state index contributed by atoms with van der Waals surface area (Å²) in [5.41, 5.74) is 5.94. The number of nitrogens with two attached hydrogens (primary N) is 1. The lowest BCUT2D eigenvalue weighted by molar-refractivity contribution is -0.192. The van der Waals surface area contributed by atoms with Crippen LogP contribution in [0.2, 0.25) is 0 Å². The van der Waals surface area contributed by atoms with Gasteiger partial charge in [-0.2, -0.15) is 13.2 Å². The molecule has 5 nitrogen and oxygen atoms in total. The molecule has 178 valence electrons. The zero-order chi connectivity index (χ0) is 22.8. The molecular formula is C22H41F3N2O3. The van der Waals surface area contributed by atoms with Gasteiger partial charge in [0.2, 0.25) is 5.91 Å². The van der Waals surface area contributed by atoms with E-state index in [9.17, 15) is 18.0 Å². The summed E-state index contributed by atoms with van der Waals surface area (Å²) in [5.74, 6) is -2.45.